The maximum atomic E-state index is 10.2. The van der Waals surface area contributed by atoms with Crippen molar-refractivity contribution in [2.24, 2.45) is 0 Å². The third-order valence-corrected chi connectivity index (χ3v) is 5.58. The highest BCUT2D eigenvalue weighted by Gasteiger charge is 2.27. The number of aliphatic hydroxyl groups is 1. The van der Waals surface area contributed by atoms with E-state index in [1.54, 1.807) is 0 Å². The summed E-state index contributed by atoms with van der Waals surface area (Å²) in [5, 5.41) is 10.2. The molecule has 2 saturated heterocycles. The molecule has 0 spiro atoms. The standard InChI is InChI=1S/C18H37N3O/c1-4-18(22)17-8-5-6-10-21(17)11-7-9-19-12-14-20(15-13-19)16(2)3/h16-18,22H,4-15H2,1-3H3/t17-,18-/m1/s1. The molecule has 0 saturated carbocycles. The van der Waals surface area contributed by atoms with E-state index in [4.69, 9.17) is 0 Å². The molecule has 0 aliphatic carbocycles. The summed E-state index contributed by atoms with van der Waals surface area (Å²) in [5.74, 6) is 0. The van der Waals surface area contributed by atoms with E-state index >= 15 is 0 Å². The van der Waals surface area contributed by atoms with E-state index in [2.05, 4.69) is 35.5 Å². The van der Waals surface area contributed by atoms with Gasteiger partial charge in [-0.1, -0.05) is 13.3 Å². The Morgan fingerprint density at radius 2 is 1.73 bits per heavy atom. The molecule has 0 aromatic heterocycles. The maximum Gasteiger partial charge on any atom is 0.0692 e. The van der Waals surface area contributed by atoms with Crippen molar-refractivity contribution in [2.45, 2.75) is 71.1 Å². The number of piperazine rings is 1. The Morgan fingerprint density at radius 3 is 2.36 bits per heavy atom. The van der Waals surface area contributed by atoms with E-state index in [9.17, 15) is 5.11 Å². The van der Waals surface area contributed by atoms with Crippen molar-refractivity contribution in [1.82, 2.24) is 14.7 Å². The summed E-state index contributed by atoms with van der Waals surface area (Å²) in [6.45, 7) is 15.1. The van der Waals surface area contributed by atoms with Gasteiger partial charge in [-0.15, -0.1) is 0 Å². The zero-order valence-corrected chi connectivity index (χ0v) is 15.0. The highest BCUT2D eigenvalue weighted by Crippen LogP contribution is 2.21. The molecule has 0 unspecified atom stereocenters. The van der Waals surface area contributed by atoms with E-state index < -0.39 is 0 Å². The van der Waals surface area contributed by atoms with E-state index in [0.29, 0.717) is 12.1 Å². The Bertz CT molecular complexity index is 303. The van der Waals surface area contributed by atoms with E-state index in [0.717, 1.165) is 13.0 Å². The normalized spacial score (nSPS) is 27.4. The maximum absolute atomic E-state index is 10.2. The summed E-state index contributed by atoms with van der Waals surface area (Å²) in [6, 6.07) is 1.10. The van der Waals surface area contributed by atoms with Crippen LogP contribution >= 0.6 is 0 Å². The number of piperidine rings is 1. The van der Waals surface area contributed by atoms with Gasteiger partial charge in [-0.2, -0.15) is 0 Å². The second-order valence-corrected chi connectivity index (χ2v) is 7.40. The topological polar surface area (TPSA) is 30.0 Å². The van der Waals surface area contributed by atoms with Crippen LogP contribution in [0.3, 0.4) is 0 Å². The van der Waals surface area contributed by atoms with Crippen LogP contribution in [-0.2, 0) is 0 Å². The van der Waals surface area contributed by atoms with Gasteiger partial charge in [0.2, 0.25) is 0 Å². The molecule has 4 heteroatoms. The largest absolute Gasteiger partial charge is 0.392 e. The van der Waals surface area contributed by atoms with Crippen LogP contribution in [0.1, 0.15) is 52.9 Å². The van der Waals surface area contributed by atoms with Crippen molar-refractivity contribution in [3.8, 4) is 0 Å². The van der Waals surface area contributed by atoms with Crippen LogP contribution in [0.5, 0.6) is 0 Å². The first-order chi connectivity index (χ1) is 10.6. The molecule has 2 atom stereocenters. The van der Waals surface area contributed by atoms with E-state index in [1.807, 2.05) is 0 Å². The average Bonchev–Trinajstić information content (AvgIpc) is 2.55. The molecule has 130 valence electrons. The third-order valence-electron chi connectivity index (χ3n) is 5.58. The fourth-order valence-electron chi connectivity index (χ4n) is 4.00. The van der Waals surface area contributed by atoms with Crippen LogP contribution in [-0.4, -0.2) is 83.8 Å². The third kappa shape index (κ3) is 5.19. The Morgan fingerprint density at radius 1 is 1.00 bits per heavy atom. The zero-order chi connectivity index (χ0) is 15.9. The predicted octanol–water partition coefficient (Wildman–Crippen LogP) is 2.03. The lowest BCUT2D eigenvalue weighted by Crippen LogP contribution is -2.50. The van der Waals surface area contributed by atoms with Crippen LogP contribution in [0.15, 0.2) is 0 Å². The summed E-state index contributed by atoms with van der Waals surface area (Å²) >= 11 is 0. The van der Waals surface area contributed by atoms with Crippen molar-refractivity contribution in [3.05, 3.63) is 0 Å². The second-order valence-electron chi connectivity index (χ2n) is 7.40. The summed E-state index contributed by atoms with van der Waals surface area (Å²) in [4.78, 5) is 7.75. The minimum Gasteiger partial charge on any atom is -0.392 e. The highest BCUT2D eigenvalue weighted by atomic mass is 16.3. The molecule has 4 nitrogen and oxygen atoms in total. The molecule has 22 heavy (non-hydrogen) atoms. The summed E-state index contributed by atoms with van der Waals surface area (Å²) in [7, 11) is 0. The smallest absolute Gasteiger partial charge is 0.0692 e. The fraction of sp³-hybridized carbons (Fsp3) is 1.00. The second kappa shape index (κ2) is 9.21. The van der Waals surface area contributed by atoms with Crippen LogP contribution in [0, 0.1) is 0 Å². The number of aliphatic hydroxyl groups excluding tert-OH is 1. The Hall–Kier alpha value is -0.160. The van der Waals surface area contributed by atoms with Crippen molar-refractivity contribution < 1.29 is 5.11 Å². The van der Waals surface area contributed by atoms with Gasteiger partial charge >= 0.3 is 0 Å². The first-order valence-electron chi connectivity index (χ1n) is 9.50. The van der Waals surface area contributed by atoms with Crippen molar-refractivity contribution >= 4 is 0 Å². The molecule has 0 aromatic carbocycles. The Balaban J connectivity index is 1.67. The summed E-state index contributed by atoms with van der Waals surface area (Å²) in [6.07, 6.45) is 5.78. The van der Waals surface area contributed by atoms with Crippen molar-refractivity contribution in [2.75, 3.05) is 45.8 Å². The van der Waals surface area contributed by atoms with Gasteiger partial charge in [-0.05, 0) is 59.2 Å². The minimum absolute atomic E-state index is 0.130. The summed E-state index contributed by atoms with van der Waals surface area (Å²) < 4.78 is 0. The molecular weight excluding hydrogens is 274 g/mol. The van der Waals surface area contributed by atoms with Crippen LogP contribution in [0.2, 0.25) is 0 Å². The van der Waals surface area contributed by atoms with Gasteiger partial charge in [0, 0.05) is 38.3 Å². The Labute approximate surface area is 137 Å². The number of rotatable bonds is 7. The first-order valence-corrected chi connectivity index (χ1v) is 9.50. The lowest BCUT2D eigenvalue weighted by molar-refractivity contribution is 0.0208. The van der Waals surface area contributed by atoms with Gasteiger partial charge in [0.25, 0.3) is 0 Å². The molecule has 0 radical (unpaired) electrons. The van der Waals surface area contributed by atoms with E-state index in [-0.39, 0.29) is 6.10 Å². The van der Waals surface area contributed by atoms with Gasteiger partial charge in [0.05, 0.1) is 6.10 Å². The van der Waals surface area contributed by atoms with Gasteiger partial charge in [-0.25, -0.2) is 0 Å². The van der Waals surface area contributed by atoms with Crippen LogP contribution < -0.4 is 0 Å². The summed E-state index contributed by atoms with van der Waals surface area (Å²) in [5.41, 5.74) is 0. The molecule has 0 bridgehead atoms. The lowest BCUT2D eigenvalue weighted by atomic mass is 9.96. The predicted molar refractivity (Wildman–Crippen MR) is 93.3 cm³/mol. The molecule has 0 aromatic rings. The molecule has 2 rings (SSSR count). The van der Waals surface area contributed by atoms with Crippen LogP contribution in [0.4, 0.5) is 0 Å². The lowest BCUT2D eigenvalue weighted by Gasteiger charge is -2.39. The quantitative estimate of drug-likeness (QED) is 0.779. The molecule has 2 fully saturated rings. The van der Waals surface area contributed by atoms with Gasteiger partial charge in [0.1, 0.15) is 0 Å². The van der Waals surface area contributed by atoms with Crippen LogP contribution in [0.25, 0.3) is 0 Å². The number of likely N-dealkylation sites (tertiary alicyclic amines) is 1. The molecule has 2 aliphatic rings. The van der Waals surface area contributed by atoms with Crippen molar-refractivity contribution in [1.29, 1.82) is 0 Å². The van der Waals surface area contributed by atoms with Gasteiger partial charge in [0.15, 0.2) is 0 Å². The first kappa shape index (κ1) is 18.2. The molecule has 0 amide bonds. The minimum atomic E-state index is -0.130. The van der Waals surface area contributed by atoms with Gasteiger partial charge < -0.3 is 10.0 Å². The Kier molecular flexibility index (Phi) is 7.61. The molecule has 2 aliphatic heterocycles. The number of nitrogens with zero attached hydrogens (tertiary/aromatic N) is 3. The average molecular weight is 312 g/mol. The fourth-order valence-corrected chi connectivity index (χ4v) is 4.00. The zero-order valence-electron chi connectivity index (χ0n) is 15.0. The van der Waals surface area contributed by atoms with Gasteiger partial charge in [-0.3, -0.25) is 9.80 Å². The van der Waals surface area contributed by atoms with E-state index in [1.165, 1.54) is 65.0 Å². The number of hydrogen-bond acceptors (Lipinski definition) is 4. The molecular formula is C18H37N3O. The number of hydrogen-bond donors (Lipinski definition) is 1. The molecule has 2 heterocycles. The molecule has 1 N–H and O–H groups in total. The highest BCUT2D eigenvalue weighted by molar-refractivity contribution is 4.83. The SMILES string of the molecule is CC[C@@H](O)[C@H]1CCCCN1CCCN1CCN(C(C)C)CC1. The van der Waals surface area contributed by atoms with Crippen molar-refractivity contribution in [3.63, 3.8) is 0 Å². The monoisotopic (exact) mass is 311 g/mol.